The van der Waals surface area contributed by atoms with Gasteiger partial charge in [0.05, 0.1) is 25.5 Å². The minimum atomic E-state index is 0.465. The second-order valence-corrected chi connectivity index (χ2v) is 5.18. The summed E-state index contributed by atoms with van der Waals surface area (Å²) in [6.07, 6.45) is 8.90. The van der Waals surface area contributed by atoms with E-state index in [-0.39, 0.29) is 0 Å². The van der Waals surface area contributed by atoms with Gasteiger partial charge < -0.3 is 10.1 Å². The van der Waals surface area contributed by atoms with Gasteiger partial charge in [0, 0.05) is 6.04 Å². The first-order valence-corrected chi connectivity index (χ1v) is 7.10. The van der Waals surface area contributed by atoms with E-state index < -0.39 is 0 Å². The Morgan fingerprint density at radius 3 is 2.89 bits per heavy atom. The Hall–Kier alpha value is -1.03. The number of ether oxygens (including phenoxy) is 1. The van der Waals surface area contributed by atoms with Gasteiger partial charge in [0.15, 0.2) is 5.75 Å². The lowest BCUT2D eigenvalue weighted by Gasteiger charge is -2.36. The van der Waals surface area contributed by atoms with Crippen molar-refractivity contribution < 1.29 is 4.74 Å². The molecule has 3 atom stereocenters. The lowest BCUT2D eigenvalue weighted by Crippen LogP contribution is -2.41. The van der Waals surface area contributed by atoms with E-state index in [0.29, 0.717) is 12.1 Å². The number of aromatic nitrogens is 2. The van der Waals surface area contributed by atoms with Crippen molar-refractivity contribution in [3.05, 3.63) is 12.4 Å². The predicted molar refractivity (Wildman–Crippen MR) is 72.9 cm³/mol. The monoisotopic (exact) mass is 251 g/mol. The van der Waals surface area contributed by atoms with Gasteiger partial charge in [-0.25, -0.2) is 0 Å². The summed E-state index contributed by atoms with van der Waals surface area (Å²) < 4.78 is 7.32. The predicted octanol–water partition coefficient (Wildman–Crippen LogP) is 2.62. The van der Waals surface area contributed by atoms with Gasteiger partial charge in [-0.05, 0) is 31.7 Å². The van der Waals surface area contributed by atoms with Gasteiger partial charge in [-0.1, -0.05) is 20.3 Å². The number of nitrogens with zero attached hydrogens (tertiary/aromatic N) is 2. The van der Waals surface area contributed by atoms with Crippen molar-refractivity contribution in [2.45, 2.75) is 51.6 Å². The van der Waals surface area contributed by atoms with Crippen molar-refractivity contribution in [3.8, 4) is 5.75 Å². The summed E-state index contributed by atoms with van der Waals surface area (Å²) in [6, 6.07) is 1.01. The Kier molecular flexibility index (Phi) is 4.64. The molecule has 0 amide bonds. The van der Waals surface area contributed by atoms with Gasteiger partial charge in [0.1, 0.15) is 0 Å². The second kappa shape index (κ2) is 6.23. The third-order valence-electron chi connectivity index (χ3n) is 4.12. The van der Waals surface area contributed by atoms with Crippen molar-refractivity contribution in [2.75, 3.05) is 13.7 Å². The zero-order valence-electron chi connectivity index (χ0n) is 11.7. The summed E-state index contributed by atoms with van der Waals surface area (Å²) >= 11 is 0. The fourth-order valence-electron chi connectivity index (χ4n) is 3.00. The molecule has 1 aromatic rings. The van der Waals surface area contributed by atoms with E-state index in [2.05, 4.69) is 28.9 Å². The van der Waals surface area contributed by atoms with Gasteiger partial charge in [0.25, 0.3) is 0 Å². The number of nitrogens with one attached hydrogen (secondary N) is 1. The van der Waals surface area contributed by atoms with Crippen LogP contribution in [0.3, 0.4) is 0 Å². The summed E-state index contributed by atoms with van der Waals surface area (Å²) in [6.45, 7) is 5.49. The van der Waals surface area contributed by atoms with Crippen LogP contribution in [0.5, 0.6) is 5.75 Å². The lowest BCUT2D eigenvalue weighted by atomic mass is 9.81. The highest BCUT2D eigenvalue weighted by molar-refractivity contribution is 5.12. The molecular formula is C14H25N3O. The van der Waals surface area contributed by atoms with E-state index in [9.17, 15) is 0 Å². The number of rotatable bonds is 5. The molecule has 0 radical (unpaired) electrons. The van der Waals surface area contributed by atoms with Gasteiger partial charge in [-0.15, -0.1) is 0 Å². The van der Waals surface area contributed by atoms with Crippen LogP contribution in [-0.2, 0) is 0 Å². The van der Waals surface area contributed by atoms with Gasteiger partial charge in [-0.2, -0.15) is 5.10 Å². The zero-order valence-corrected chi connectivity index (χ0v) is 11.7. The van der Waals surface area contributed by atoms with Crippen LogP contribution in [0, 0.1) is 5.92 Å². The van der Waals surface area contributed by atoms with Crippen LogP contribution in [0.15, 0.2) is 12.4 Å². The number of hydrogen-bond acceptors (Lipinski definition) is 3. The minimum Gasteiger partial charge on any atom is -0.493 e. The first-order chi connectivity index (χ1) is 8.78. The molecule has 0 saturated heterocycles. The molecule has 1 aliphatic carbocycles. The second-order valence-electron chi connectivity index (χ2n) is 5.18. The molecule has 0 aliphatic heterocycles. The van der Waals surface area contributed by atoms with E-state index in [1.807, 2.05) is 6.20 Å². The van der Waals surface area contributed by atoms with Crippen LogP contribution >= 0.6 is 0 Å². The Morgan fingerprint density at radius 1 is 1.44 bits per heavy atom. The number of hydrogen-bond donors (Lipinski definition) is 1. The third kappa shape index (κ3) is 2.86. The van der Waals surface area contributed by atoms with Crippen molar-refractivity contribution >= 4 is 0 Å². The molecule has 1 fully saturated rings. The summed E-state index contributed by atoms with van der Waals surface area (Å²) in [5.74, 6) is 1.68. The average molecular weight is 251 g/mol. The number of likely N-dealkylation sites (N-methyl/N-ethyl adjacent to an activating group) is 1. The Balaban J connectivity index is 2.12. The SMILES string of the molecule is CCNC1CCC(CC)CC1n1cc(OC)cn1. The van der Waals surface area contributed by atoms with E-state index in [1.165, 1.54) is 25.7 Å². The van der Waals surface area contributed by atoms with Crippen molar-refractivity contribution in [1.29, 1.82) is 0 Å². The Labute approximate surface area is 110 Å². The highest BCUT2D eigenvalue weighted by Gasteiger charge is 2.31. The zero-order chi connectivity index (χ0) is 13.0. The molecule has 1 N–H and O–H groups in total. The van der Waals surface area contributed by atoms with Crippen LogP contribution in [-0.4, -0.2) is 29.5 Å². The summed E-state index contributed by atoms with van der Waals surface area (Å²) in [4.78, 5) is 0. The van der Waals surface area contributed by atoms with E-state index in [4.69, 9.17) is 4.74 Å². The highest BCUT2D eigenvalue weighted by atomic mass is 16.5. The quantitative estimate of drug-likeness (QED) is 0.874. The van der Waals surface area contributed by atoms with Crippen LogP contribution in [0.1, 0.15) is 45.6 Å². The van der Waals surface area contributed by atoms with Crippen LogP contribution in [0.4, 0.5) is 0 Å². The normalized spacial score (nSPS) is 28.3. The number of methoxy groups -OCH3 is 1. The van der Waals surface area contributed by atoms with E-state index >= 15 is 0 Å². The summed E-state index contributed by atoms with van der Waals surface area (Å²) in [7, 11) is 1.69. The molecule has 0 aromatic carbocycles. The maximum absolute atomic E-state index is 5.23. The molecule has 1 aliphatic rings. The maximum Gasteiger partial charge on any atom is 0.156 e. The van der Waals surface area contributed by atoms with Crippen LogP contribution < -0.4 is 10.1 Å². The summed E-state index contributed by atoms with van der Waals surface area (Å²) in [5.41, 5.74) is 0. The molecule has 18 heavy (non-hydrogen) atoms. The fourth-order valence-corrected chi connectivity index (χ4v) is 3.00. The van der Waals surface area contributed by atoms with E-state index in [1.54, 1.807) is 13.3 Å². The largest absolute Gasteiger partial charge is 0.493 e. The van der Waals surface area contributed by atoms with E-state index in [0.717, 1.165) is 18.2 Å². The molecular weight excluding hydrogens is 226 g/mol. The molecule has 3 unspecified atom stereocenters. The third-order valence-corrected chi connectivity index (χ3v) is 4.12. The smallest absolute Gasteiger partial charge is 0.156 e. The average Bonchev–Trinajstić information content (AvgIpc) is 2.88. The van der Waals surface area contributed by atoms with Gasteiger partial charge >= 0.3 is 0 Å². The first kappa shape index (κ1) is 13.4. The Bertz CT molecular complexity index is 364. The van der Waals surface area contributed by atoms with Gasteiger partial charge in [0.2, 0.25) is 0 Å². The first-order valence-electron chi connectivity index (χ1n) is 7.10. The maximum atomic E-state index is 5.23. The standard InChI is InChI=1S/C14H25N3O/c1-4-11-6-7-13(15-5-2)14(8-11)17-10-12(18-3)9-16-17/h9-11,13-15H,4-8H2,1-3H3. The molecule has 4 nitrogen and oxygen atoms in total. The molecule has 1 saturated carbocycles. The topological polar surface area (TPSA) is 39.1 Å². The Morgan fingerprint density at radius 2 is 2.28 bits per heavy atom. The minimum absolute atomic E-state index is 0.465. The molecule has 0 spiro atoms. The van der Waals surface area contributed by atoms with Crippen molar-refractivity contribution in [1.82, 2.24) is 15.1 Å². The molecule has 1 heterocycles. The molecule has 4 heteroatoms. The van der Waals surface area contributed by atoms with Crippen molar-refractivity contribution in [3.63, 3.8) is 0 Å². The fraction of sp³-hybridized carbons (Fsp3) is 0.786. The van der Waals surface area contributed by atoms with Crippen LogP contribution in [0.25, 0.3) is 0 Å². The summed E-state index contributed by atoms with van der Waals surface area (Å²) in [5, 5.41) is 8.07. The molecule has 1 aromatic heterocycles. The molecule has 2 rings (SSSR count). The highest BCUT2D eigenvalue weighted by Crippen LogP contribution is 2.34. The van der Waals surface area contributed by atoms with Crippen LogP contribution in [0.2, 0.25) is 0 Å². The lowest BCUT2D eigenvalue weighted by molar-refractivity contribution is 0.192. The molecule has 102 valence electrons. The molecule has 0 bridgehead atoms. The van der Waals surface area contributed by atoms with Gasteiger partial charge in [-0.3, -0.25) is 4.68 Å². The van der Waals surface area contributed by atoms with Crippen molar-refractivity contribution in [2.24, 2.45) is 5.92 Å².